The molecule has 17 heteroatoms. The van der Waals surface area contributed by atoms with E-state index in [2.05, 4.69) is 26.3 Å². The van der Waals surface area contributed by atoms with Gasteiger partial charge in [0.15, 0.2) is 5.96 Å². The highest BCUT2D eigenvalue weighted by molar-refractivity contribution is 5.95. The zero-order valence-corrected chi connectivity index (χ0v) is 27.8. The summed E-state index contributed by atoms with van der Waals surface area (Å²) in [5.41, 5.74) is 23.6. The molecule has 0 saturated carbocycles. The number of nitrogens with two attached hydrogens (primary N) is 4. The highest BCUT2D eigenvalue weighted by Gasteiger charge is 2.31. The molecule has 0 spiro atoms. The number of carbonyl (C=O) groups is 5. The van der Waals surface area contributed by atoms with Crippen LogP contribution >= 0.6 is 0 Å². The van der Waals surface area contributed by atoms with Crippen molar-refractivity contribution < 1.29 is 39.3 Å². The Balaban J connectivity index is 2.19. The van der Waals surface area contributed by atoms with Crippen molar-refractivity contribution in [1.29, 1.82) is 0 Å². The second kappa shape index (κ2) is 21.7. The number of hydrogen-bond donors (Lipinski definition) is 11. The fourth-order valence-corrected chi connectivity index (χ4v) is 4.85. The molecule has 4 amide bonds. The number of carbonyl (C=O) groups excluding carboxylic acids is 4. The number of phenolic OH excluding ortho intramolecular Hbond substituents is 1. The highest BCUT2D eigenvalue weighted by Crippen LogP contribution is 2.12. The second-order valence-corrected chi connectivity index (χ2v) is 11.7. The van der Waals surface area contributed by atoms with Gasteiger partial charge in [0.05, 0.1) is 12.6 Å². The molecule has 0 fully saturated rings. The number of nitrogens with one attached hydrogen (secondary N) is 4. The van der Waals surface area contributed by atoms with Crippen molar-refractivity contribution in [2.24, 2.45) is 27.9 Å². The lowest BCUT2D eigenvalue weighted by molar-refractivity contribution is -0.142. The Morgan fingerprint density at radius 2 is 1.22 bits per heavy atom. The molecule has 2 rings (SSSR count). The average Bonchev–Trinajstić information content (AvgIpc) is 3.08. The maximum atomic E-state index is 13.7. The number of hydrogen-bond acceptors (Lipinski definition) is 10. The van der Waals surface area contributed by atoms with Gasteiger partial charge in [0.25, 0.3) is 0 Å². The maximum absolute atomic E-state index is 13.7. The minimum atomic E-state index is -1.46. The van der Waals surface area contributed by atoms with Crippen LogP contribution in [0.15, 0.2) is 59.6 Å². The van der Waals surface area contributed by atoms with E-state index in [0.717, 1.165) is 0 Å². The van der Waals surface area contributed by atoms with Gasteiger partial charge < -0.3 is 59.5 Å². The van der Waals surface area contributed by atoms with Crippen molar-refractivity contribution in [3.63, 3.8) is 0 Å². The fourth-order valence-electron chi connectivity index (χ4n) is 4.85. The standard InChI is InChI=1S/C33H49N9O8/c34-15-5-4-9-24(39-31(48)27(19-43)42-28(45)23(35)17-21-11-13-22(44)14-12-21)29(46)41-26(18-20-7-2-1-3-8-20)30(47)40-25(32(49)50)10-6-16-38-33(36)37/h1-3,7-8,11-14,23-27,43-44H,4-6,9-10,15-19,34-35H2,(H,39,48)(H,40,47)(H,41,46)(H,42,45)(H,49,50)(H4,36,37,38)/t23-,24-,25-,26-,27-/m0/s1. The van der Waals surface area contributed by atoms with Crippen molar-refractivity contribution in [3.05, 3.63) is 65.7 Å². The van der Waals surface area contributed by atoms with E-state index in [1.165, 1.54) is 12.1 Å². The van der Waals surface area contributed by atoms with Crippen LogP contribution in [0.4, 0.5) is 0 Å². The van der Waals surface area contributed by atoms with Crippen LogP contribution in [-0.4, -0.2) is 101 Å². The van der Waals surface area contributed by atoms with Crippen molar-refractivity contribution in [1.82, 2.24) is 21.3 Å². The molecule has 0 unspecified atom stereocenters. The third-order valence-electron chi connectivity index (χ3n) is 7.60. The number of aliphatic imine (C=N–C) groups is 1. The number of unbranched alkanes of at least 4 members (excludes halogenated alkanes) is 1. The first-order chi connectivity index (χ1) is 23.8. The molecule has 0 saturated heterocycles. The Labute approximate surface area is 290 Å². The number of nitrogens with zero attached hydrogens (tertiary/aromatic N) is 1. The Bertz CT molecular complexity index is 1420. The summed E-state index contributed by atoms with van der Waals surface area (Å²) in [5, 5.41) is 39.2. The smallest absolute Gasteiger partial charge is 0.326 e. The minimum absolute atomic E-state index is 0.00351. The predicted octanol–water partition coefficient (Wildman–Crippen LogP) is -2.30. The third-order valence-corrected chi connectivity index (χ3v) is 7.60. The zero-order valence-electron chi connectivity index (χ0n) is 27.8. The summed E-state index contributed by atoms with van der Waals surface area (Å²) < 4.78 is 0. The summed E-state index contributed by atoms with van der Waals surface area (Å²) in [6.45, 7) is -0.343. The average molecular weight is 700 g/mol. The van der Waals surface area contributed by atoms with E-state index in [1.54, 1.807) is 42.5 Å². The zero-order chi connectivity index (χ0) is 37.1. The van der Waals surface area contributed by atoms with Crippen LogP contribution in [0.25, 0.3) is 0 Å². The Morgan fingerprint density at radius 3 is 1.82 bits per heavy atom. The van der Waals surface area contributed by atoms with Crippen molar-refractivity contribution in [2.45, 2.75) is 75.2 Å². The molecule has 2 aromatic rings. The lowest BCUT2D eigenvalue weighted by atomic mass is 10.0. The number of amides is 4. The summed E-state index contributed by atoms with van der Waals surface area (Å²) in [5.74, 6) is -4.53. The van der Waals surface area contributed by atoms with Gasteiger partial charge in [-0.25, -0.2) is 4.79 Å². The van der Waals surface area contributed by atoms with Gasteiger partial charge in [-0.1, -0.05) is 42.5 Å². The molecule has 17 nitrogen and oxygen atoms in total. The molecular weight excluding hydrogens is 650 g/mol. The Morgan fingerprint density at radius 1 is 0.680 bits per heavy atom. The monoisotopic (exact) mass is 699 g/mol. The van der Waals surface area contributed by atoms with Gasteiger partial charge in [0.2, 0.25) is 23.6 Å². The predicted molar refractivity (Wildman–Crippen MR) is 185 cm³/mol. The van der Waals surface area contributed by atoms with E-state index >= 15 is 0 Å². The number of aliphatic hydroxyl groups excluding tert-OH is 1. The SMILES string of the molecule is NCCCC[C@H](NC(=O)[C@H](CO)NC(=O)[C@@H](N)Cc1ccc(O)cc1)C(=O)N[C@@H](Cc1ccccc1)C(=O)N[C@@H](CCCN=C(N)N)C(=O)O. The molecule has 50 heavy (non-hydrogen) atoms. The van der Waals surface area contributed by atoms with Crippen LogP contribution in [-0.2, 0) is 36.8 Å². The van der Waals surface area contributed by atoms with Crippen LogP contribution in [0.2, 0.25) is 0 Å². The number of benzene rings is 2. The molecule has 2 aromatic carbocycles. The molecule has 274 valence electrons. The van der Waals surface area contributed by atoms with Gasteiger partial charge in [-0.3, -0.25) is 24.2 Å². The van der Waals surface area contributed by atoms with Gasteiger partial charge in [0, 0.05) is 13.0 Å². The Kier molecular flexibility index (Phi) is 17.7. The van der Waals surface area contributed by atoms with E-state index in [9.17, 15) is 39.3 Å². The summed E-state index contributed by atoms with van der Waals surface area (Å²) in [6, 6.07) is 8.46. The van der Waals surface area contributed by atoms with E-state index < -0.39 is 66.4 Å². The van der Waals surface area contributed by atoms with Crippen LogP contribution in [0, 0.1) is 0 Å². The number of carboxylic acid groups (broad SMARTS) is 1. The summed E-state index contributed by atoms with van der Waals surface area (Å²) >= 11 is 0. The van der Waals surface area contributed by atoms with Crippen molar-refractivity contribution >= 4 is 35.6 Å². The largest absolute Gasteiger partial charge is 0.508 e. The number of aliphatic carboxylic acids is 1. The molecule has 15 N–H and O–H groups in total. The normalized spacial score (nSPS) is 13.8. The lowest BCUT2D eigenvalue weighted by Crippen LogP contribution is -2.59. The molecule has 0 aliphatic heterocycles. The first-order valence-electron chi connectivity index (χ1n) is 16.2. The van der Waals surface area contributed by atoms with E-state index in [0.29, 0.717) is 30.5 Å². The van der Waals surface area contributed by atoms with Gasteiger partial charge in [-0.15, -0.1) is 0 Å². The van der Waals surface area contributed by atoms with Crippen molar-refractivity contribution in [2.75, 3.05) is 19.7 Å². The molecule has 0 aliphatic carbocycles. The first-order valence-corrected chi connectivity index (χ1v) is 16.2. The van der Waals surface area contributed by atoms with Crippen LogP contribution in [0.1, 0.15) is 43.2 Å². The molecule has 0 aromatic heterocycles. The number of carboxylic acids is 1. The number of aromatic hydroxyl groups is 1. The van der Waals surface area contributed by atoms with Gasteiger partial charge >= 0.3 is 5.97 Å². The molecule has 0 bridgehead atoms. The van der Waals surface area contributed by atoms with E-state index in [-0.39, 0.29) is 50.4 Å². The summed E-state index contributed by atoms with van der Waals surface area (Å²) in [7, 11) is 0. The third kappa shape index (κ3) is 14.9. The van der Waals surface area contributed by atoms with Crippen LogP contribution in [0.5, 0.6) is 5.75 Å². The first kappa shape index (κ1) is 40.9. The summed E-state index contributed by atoms with van der Waals surface area (Å²) in [6.07, 6.45) is 1.37. The van der Waals surface area contributed by atoms with Gasteiger partial charge in [-0.2, -0.15) is 0 Å². The Hall–Kier alpha value is -5.26. The minimum Gasteiger partial charge on any atom is -0.508 e. The number of phenols is 1. The molecular formula is C33H49N9O8. The van der Waals surface area contributed by atoms with Gasteiger partial charge in [0.1, 0.15) is 29.9 Å². The van der Waals surface area contributed by atoms with Crippen molar-refractivity contribution in [3.8, 4) is 5.75 Å². The quantitative estimate of drug-likeness (QED) is 0.0351. The molecule has 0 radical (unpaired) electrons. The van der Waals surface area contributed by atoms with Crippen LogP contribution in [0.3, 0.4) is 0 Å². The maximum Gasteiger partial charge on any atom is 0.326 e. The van der Waals surface area contributed by atoms with Crippen LogP contribution < -0.4 is 44.2 Å². The number of rotatable bonds is 22. The lowest BCUT2D eigenvalue weighted by Gasteiger charge is -2.26. The second-order valence-electron chi connectivity index (χ2n) is 11.7. The fraction of sp³-hybridized carbons (Fsp3) is 0.455. The molecule has 0 aliphatic rings. The number of guanidine groups is 1. The summed E-state index contributed by atoms with van der Waals surface area (Å²) in [4.78, 5) is 68.9. The molecule has 0 heterocycles. The van der Waals surface area contributed by atoms with Gasteiger partial charge in [-0.05, 0) is 68.3 Å². The molecule has 5 atom stereocenters. The van der Waals surface area contributed by atoms with E-state index in [1.807, 2.05) is 0 Å². The number of aliphatic hydroxyl groups is 1. The van der Waals surface area contributed by atoms with E-state index in [4.69, 9.17) is 22.9 Å². The topological polar surface area (TPSA) is 311 Å². The highest BCUT2D eigenvalue weighted by atomic mass is 16.4.